The van der Waals surface area contributed by atoms with E-state index in [1.165, 1.54) is 17.4 Å². The lowest BCUT2D eigenvalue weighted by Gasteiger charge is -2.15. The van der Waals surface area contributed by atoms with E-state index >= 15 is 0 Å². The summed E-state index contributed by atoms with van der Waals surface area (Å²) >= 11 is 1.52. The van der Waals surface area contributed by atoms with Crippen molar-refractivity contribution < 1.29 is 9.13 Å². The zero-order chi connectivity index (χ0) is 14.4. The monoisotopic (exact) mass is 294 g/mol. The van der Waals surface area contributed by atoms with Gasteiger partial charge in [0.05, 0.1) is 11.2 Å². The second kappa shape index (κ2) is 7.36. The van der Waals surface area contributed by atoms with Crippen molar-refractivity contribution in [3.05, 3.63) is 46.2 Å². The van der Waals surface area contributed by atoms with E-state index in [2.05, 4.69) is 17.2 Å². The first-order chi connectivity index (χ1) is 9.70. The highest BCUT2D eigenvalue weighted by Crippen LogP contribution is 2.22. The Bertz CT molecular complexity index is 531. The highest BCUT2D eigenvalue weighted by molar-refractivity contribution is 7.07. The summed E-state index contributed by atoms with van der Waals surface area (Å²) in [4.78, 5) is 4.12. The highest BCUT2D eigenvalue weighted by Gasteiger charge is 2.11. The second-order valence-electron chi connectivity index (χ2n) is 4.63. The van der Waals surface area contributed by atoms with Gasteiger partial charge in [0.2, 0.25) is 0 Å². The van der Waals surface area contributed by atoms with Gasteiger partial charge >= 0.3 is 0 Å². The first-order valence-corrected chi connectivity index (χ1v) is 7.67. The van der Waals surface area contributed by atoms with Crippen molar-refractivity contribution in [2.24, 2.45) is 0 Å². The normalized spacial score (nSPS) is 12.3. The van der Waals surface area contributed by atoms with Crippen molar-refractivity contribution in [1.82, 2.24) is 10.3 Å². The minimum Gasteiger partial charge on any atom is -0.487 e. The third kappa shape index (κ3) is 4.02. The summed E-state index contributed by atoms with van der Waals surface area (Å²) in [5.74, 6) is 0.291. The Morgan fingerprint density at radius 2 is 2.30 bits per heavy atom. The minimum atomic E-state index is -0.239. The number of nitrogens with zero attached hydrogens (tertiary/aromatic N) is 1. The molecular formula is C15H19FN2OS. The summed E-state index contributed by atoms with van der Waals surface area (Å²) < 4.78 is 19.6. The van der Waals surface area contributed by atoms with Crippen LogP contribution in [0.3, 0.4) is 0 Å². The van der Waals surface area contributed by atoms with Crippen LogP contribution in [0, 0.1) is 5.82 Å². The van der Waals surface area contributed by atoms with Gasteiger partial charge < -0.3 is 10.1 Å². The summed E-state index contributed by atoms with van der Waals surface area (Å²) in [6.07, 6.45) is 1.03. The Hall–Kier alpha value is -1.46. The lowest BCUT2D eigenvalue weighted by atomic mass is 10.1. The third-order valence-electron chi connectivity index (χ3n) is 3.01. The van der Waals surface area contributed by atoms with Gasteiger partial charge in [-0.2, -0.15) is 0 Å². The first-order valence-electron chi connectivity index (χ1n) is 6.73. The van der Waals surface area contributed by atoms with Crippen LogP contribution in [-0.4, -0.2) is 11.5 Å². The molecule has 20 heavy (non-hydrogen) atoms. The molecule has 1 N–H and O–H groups in total. The lowest BCUT2D eigenvalue weighted by molar-refractivity contribution is 0.300. The van der Waals surface area contributed by atoms with Gasteiger partial charge in [-0.05, 0) is 26.0 Å². The van der Waals surface area contributed by atoms with Crippen LogP contribution in [-0.2, 0) is 6.61 Å². The van der Waals surface area contributed by atoms with Crippen molar-refractivity contribution in [2.75, 3.05) is 6.54 Å². The Morgan fingerprint density at radius 1 is 1.45 bits per heavy atom. The fourth-order valence-corrected chi connectivity index (χ4v) is 2.43. The molecule has 0 saturated heterocycles. The van der Waals surface area contributed by atoms with E-state index in [1.54, 1.807) is 17.6 Å². The van der Waals surface area contributed by atoms with Crippen LogP contribution in [0.15, 0.2) is 29.1 Å². The number of nitrogens with one attached hydrogen (secondary N) is 1. The van der Waals surface area contributed by atoms with Crippen molar-refractivity contribution in [3.8, 4) is 5.75 Å². The van der Waals surface area contributed by atoms with E-state index in [1.807, 2.05) is 12.3 Å². The summed E-state index contributed by atoms with van der Waals surface area (Å²) in [5.41, 5.74) is 3.28. The van der Waals surface area contributed by atoms with Crippen LogP contribution >= 0.6 is 11.3 Å². The van der Waals surface area contributed by atoms with E-state index < -0.39 is 0 Å². The third-order valence-corrected chi connectivity index (χ3v) is 3.64. The number of hydrogen-bond acceptors (Lipinski definition) is 4. The van der Waals surface area contributed by atoms with E-state index in [0.717, 1.165) is 18.7 Å². The van der Waals surface area contributed by atoms with Crippen molar-refractivity contribution in [3.63, 3.8) is 0 Å². The van der Waals surface area contributed by atoms with Gasteiger partial charge in [-0.25, -0.2) is 9.37 Å². The Balaban J connectivity index is 1.98. The van der Waals surface area contributed by atoms with Gasteiger partial charge in [-0.1, -0.05) is 13.0 Å². The van der Waals surface area contributed by atoms with Crippen LogP contribution in [0.4, 0.5) is 4.39 Å². The van der Waals surface area contributed by atoms with Gasteiger partial charge in [-0.3, -0.25) is 0 Å². The van der Waals surface area contributed by atoms with Crippen LogP contribution in [0.5, 0.6) is 5.75 Å². The first kappa shape index (κ1) is 14.9. The maximum Gasteiger partial charge on any atom is 0.131 e. The minimum absolute atomic E-state index is 0.00235. The zero-order valence-corrected chi connectivity index (χ0v) is 12.5. The molecule has 0 aliphatic heterocycles. The molecule has 0 fully saturated rings. The van der Waals surface area contributed by atoms with E-state index in [9.17, 15) is 4.39 Å². The maximum atomic E-state index is 14.1. The molecule has 1 unspecified atom stereocenters. The van der Waals surface area contributed by atoms with Gasteiger partial charge in [0, 0.05) is 23.1 Å². The molecule has 2 rings (SSSR count). The average molecular weight is 294 g/mol. The average Bonchev–Trinajstić information content (AvgIpc) is 2.96. The van der Waals surface area contributed by atoms with Crippen molar-refractivity contribution in [2.45, 2.75) is 32.9 Å². The smallest absolute Gasteiger partial charge is 0.131 e. The molecule has 1 aromatic carbocycles. The molecule has 108 valence electrons. The number of thiazole rings is 1. The Labute approximate surface area is 122 Å². The molecule has 0 amide bonds. The molecule has 1 aromatic heterocycles. The number of benzene rings is 1. The van der Waals surface area contributed by atoms with Gasteiger partial charge in [0.25, 0.3) is 0 Å². The van der Waals surface area contributed by atoms with Crippen molar-refractivity contribution >= 4 is 11.3 Å². The lowest BCUT2D eigenvalue weighted by Crippen LogP contribution is -2.20. The fourth-order valence-electron chi connectivity index (χ4n) is 1.89. The summed E-state index contributed by atoms with van der Waals surface area (Å²) in [6, 6.07) is 5.02. The predicted octanol–water partition coefficient (Wildman–Crippen LogP) is 3.92. The molecule has 3 nitrogen and oxygen atoms in total. The molecule has 0 radical (unpaired) electrons. The molecule has 0 aliphatic carbocycles. The number of hydrogen-bond donors (Lipinski definition) is 1. The highest BCUT2D eigenvalue weighted by atomic mass is 32.1. The van der Waals surface area contributed by atoms with Crippen molar-refractivity contribution in [1.29, 1.82) is 0 Å². The quantitative estimate of drug-likeness (QED) is 0.840. The largest absolute Gasteiger partial charge is 0.487 e. The molecule has 0 bridgehead atoms. The molecule has 0 aliphatic rings. The van der Waals surface area contributed by atoms with E-state index in [0.29, 0.717) is 17.9 Å². The second-order valence-corrected chi connectivity index (χ2v) is 5.35. The van der Waals surface area contributed by atoms with Gasteiger partial charge in [0.15, 0.2) is 0 Å². The summed E-state index contributed by atoms with van der Waals surface area (Å²) in [7, 11) is 0. The molecule has 1 atom stereocenters. The Morgan fingerprint density at radius 3 is 2.95 bits per heavy atom. The van der Waals surface area contributed by atoms with E-state index in [-0.39, 0.29) is 11.9 Å². The fraction of sp³-hybridized carbons (Fsp3) is 0.400. The molecular weight excluding hydrogens is 275 g/mol. The van der Waals surface area contributed by atoms with Crippen LogP contribution in [0.2, 0.25) is 0 Å². The molecule has 0 saturated carbocycles. The van der Waals surface area contributed by atoms with E-state index in [4.69, 9.17) is 4.74 Å². The van der Waals surface area contributed by atoms with Crippen LogP contribution < -0.4 is 10.1 Å². The number of aromatic nitrogens is 1. The molecule has 0 spiro atoms. The molecule has 2 aromatic rings. The SMILES string of the molecule is CCCNC(C)c1ccc(OCc2cscn2)cc1F. The van der Waals surface area contributed by atoms with Crippen LogP contribution in [0.25, 0.3) is 0 Å². The van der Waals surface area contributed by atoms with Gasteiger partial charge in [-0.15, -0.1) is 11.3 Å². The topological polar surface area (TPSA) is 34.1 Å². The Kier molecular flexibility index (Phi) is 5.49. The number of rotatable bonds is 7. The standard InChI is InChI=1S/C15H19FN2OS/c1-3-6-17-11(2)14-5-4-13(7-15(14)16)19-8-12-9-20-10-18-12/h4-5,7,9-11,17H,3,6,8H2,1-2H3. The summed E-state index contributed by atoms with van der Waals surface area (Å²) in [5, 5.41) is 5.19. The predicted molar refractivity (Wildman–Crippen MR) is 79.6 cm³/mol. The maximum absolute atomic E-state index is 14.1. The molecule has 5 heteroatoms. The number of ether oxygens (including phenoxy) is 1. The zero-order valence-electron chi connectivity index (χ0n) is 11.7. The number of halogens is 1. The van der Waals surface area contributed by atoms with Gasteiger partial charge in [0.1, 0.15) is 18.2 Å². The van der Waals surface area contributed by atoms with Crippen LogP contribution in [0.1, 0.15) is 37.6 Å². The summed E-state index contributed by atoms with van der Waals surface area (Å²) in [6.45, 7) is 5.30. The molecule has 1 heterocycles.